The van der Waals surface area contributed by atoms with Gasteiger partial charge in [-0.15, -0.1) is 0 Å². The van der Waals surface area contributed by atoms with E-state index in [1.165, 1.54) is 18.2 Å². The van der Waals surface area contributed by atoms with Crippen LogP contribution < -0.4 is 5.56 Å². The number of nitrogens with zero attached hydrogens (tertiary/aromatic N) is 2. The minimum Gasteiger partial charge on any atom is -0.301 e. The van der Waals surface area contributed by atoms with E-state index in [2.05, 4.69) is 0 Å². The van der Waals surface area contributed by atoms with Crippen molar-refractivity contribution >= 4 is 11.5 Å². The van der Waals surface area contributed by atoms with E-state index in [1.54, 1.807) is 6.07 Å². The summed E-state index contributed by atoms with van der Waals surface area (Å²) < 4.78 is 14.4. The number of pyridine rings is 1. The monoisotopic (exact) mass is 290 g/mol. The molecule has 0 saturated carbocycles. The maximum absolute atomic E-state index is 13.4. The van der Waals surface area contributed by atoms with Gasteiger partial charge in [-0.05, 0) is 11.6 Å². The molecule has 2 aromatic rings. The van der Waals surface area contributed by atoms with Gasteiger partial charge >= 0.3 is 0 Å². The molecule has 1 aromatic carbocycles. The number of halogens is 1. The molecular weight excluding hydrogens is 279 g/mol. The number of carbonyl (C=O) groups is 1. The maximum atomic E-state index is 13.4. The standard InChI is InChI=1S/C14H11FN2O4/c15-13-4-2-1-3-10(13)7-12(18)9-16-8-11(17(20)21)5-6-14(16)19/h1-6,8H,7,9H2. The largest absolute Gasteiger partial charge is 0.301 e. The highest BCUT2D eigenvalue weighted by Crippen LogP contribution is 2.09. The molecule has 0 spiro atoms. The third-order valence-corrected chi connectivity index (χ3v) is 2.87. The molecule has 0 saturated heterocycles. The van der Waals surface area contributed by atoms with Crippen molar-refractivity contribution < 1.29 is 14.1 Å². The Bertz CT molecular complexity index is 755. The van der Waals surface area contributed by atoms with Gasteiger partial charge in [-0.2, -0.15) is 0 Å². The van der Waals surface area contributed by atoms with Crippen molar-refractivity contribution in [2.75, 3.05) is 0 Å². The molecule has 0 amide bonds. The first-order valence-corrected chi connectivity index (χ1v) is 6.07. The predicted octanol–water partition coefficient (Wildman–Crippen LogP) is 1.71. The van der Waals surface area contributed by atoms with Gasteiger partial charge < -0.3 is 4.57 Å². The second-order valence-electron chi connectivity index (χ2n) is 4.42. The van der Waals surface area contributed by atoms with Gasteiger partial charge in [0.1, 0.15) is 5.82 Å². The predicted molar refractivity (Wildman–Crippen MR) is 72.5 cm³/mol. The van der Waals surface area contributed by atoms with Crippen LogP contribution in [0.15, 0.2) is 47.4 Å². The van der Waals surface area contributed by atoms with Gasteiger partial charge in [-0.1, -0.05) is 18.2 Å². The van der Waals surface area contributed by atoms with Crippen molar-refractivity contribution in [3.05, 3.63) is 74.4 Å². The number of carbonyl (C=O) groups excluding carboxylic acids is 1. The normalized spacial score (nSPS) is 10.3. The summed E-state index contributed by atoms with van der Waals surface area (Å²) in [6, 6.07) is 7.92. The van der Waals surface area contributed by atoms with E-state index < -0.39 is 22.1 Å². The highest BCUT2D eigenvalue weighted by atomic mass is 19.1. The molecule has 0 fully saturated rings. The van der Waals surface area contributed by atoms with Crippen molar-refractivity contribution in [3.8, 4) is 0 Å². The van der Waals surface area contributed by atoms with Gasteiger partial charge in [0.15, 0.2) is 5.78 Å². The van der Waals surface area contributed by atoms with Crippen LogP contribution in [0.4, 0.5) is 10.1 Å². The van der Waals surface area contributed by atoms with E-state index >= 15 is 0 Å². The van der Waals surface area contributed by atoms with Crippen molar-refractivity contribution in [2.45, 2.75) is 13.0 Å². The highest BCUT2D eigenvalue weighted by molar-refractivity contribution is 5.80. The lowest BCUT2D eigenvalue weighted by atomic mass is 10.1. The minimum atomic E-state index is -0.655. The first-order chi connectivity index (χ1) is 9.97. The van der Waals surface area contributed by atoms with Gasteiger partial charge in [0, 0.05) is 18.6 Å². The van der Waals surface area contributed by atoms with Gasteiger partial charge in [-0.25, -0.2) is 4.39 Å². The van der Waals surface area contributed by atoms with E-state index in [0.717, 1.165) is 22.9 Å². The number of aromatic nitrogens is 1. The summed E-state index contributed by atoms with van der Waals surface area (Å²) in [5.74, 6) is -0.917. The molecule has 0 bridgehead atoms. The molecule has 0 unspecified atom stereocenters. The SMILES string of the molecule is O=C(Cc1ccccc1F)Cn1cc([N+](=O)[O-])ccc1=O. The molecule has 1 heterocycles. The molecule has 108 valence electrons. The van der Waals surface area contributed by atoms with Crippen LogP contribution >= 0.6 is 0 Å². The molecule has 21 heavy (non-hydrogen) atoms. The summed E-state index contributed by atoms with van der Waals surface area (Å²) in [7, 11) is 0. The van der Waals surface area contributed by atoms with Crippen LogP contribution in [0.3, 0.4) is 0 Å². The molecule has 0 aliphatic carbocycles. The van der Waals surface area contributed by atoms with E-state index in [1.807, 2.05) is 0 Å². The Hall–Kier alpha value is -2.83. The summed E-state index contributed by atoms with van der Waals surface area (Å²) in [6.45, 7) is -0.338. The molecule has 0 aliphatic heterocycles. The molecule has 0 aliphatic rings. The molecule has 6 nitrogen and oxygen atoms in total. The second kappa shape index (κ2) is 6.08. The molecule has 0 radical (unpaired) electrons. The van der Waals surface area contributed by atoms with Crippen LogP contribution in [0.25, 0.3) is 0 Å². The first kappa shape index (κ1) is 14.6. The van der Waals surface area contributed by atoms with Crippen LogP contribution in [-0.4, -0.2) is 15.3 Å². The Morgan fingerprint density at radius 1 is 1.24 bits per heavy atom. The van der Waals surface area contributed by atoms with Crippen molar-refractivity contribution in [3.63, 3.8) is 0 Å². The minimum absolute atomic E-state index is 0.179. The Labute approximate surface area is 118 Å². The zero-order valence-corrected chi connectivity index (χ0v) is 10.9. The van der Waals surface area contributed by atoms with Crippen molar-refractivity contribution in [2.24, 2.45) is 0 Å². The lowest BCUT2D eigenvalue weighted by molar-refractivity contribution is -0.385. The average Bonchev–Trinajstić information content (AvgIpc) is 2.43. The maximum Gasteiger partial charge on any atom is 0.285 e. The van der Waals surface area contributed by atoms with E-state index in [4.69, 9.17) is 0 Å². The molecule has 2 rings (SSSR count). The number of rotatable bonds is 5. The van der Waals surface area contributed by atoms with Gasteiger partial charge in [0.25, 0.3) is 11.2 Å². The summed E-state index contributed by atoms with van der Waals surface area (Å²) in [4.78, 5) is 33.4. The Morgan fingerprint density at radius 3 is 2.62 bits per heavy atom. The zero-order valence-electron chi connectivity index (χ0n) is 10.9. The van der Waals surface area contributed by atoms with Crippen LogP contribution in [0.5, 0.6) is 0 Å². The third-order valence-electron chi connectivity index (χ3n) is 2.87. The number of ketones is 1. The fraction of sp³-hybridized carbons (Fsp3) is 0.143. The average molecular weight is 290 g/mol. The molecule has 0 N–H and O–H groups in total. The lowest BCUT2D eigenvalue weighted by Gasteiger charge is -2.05. The quantitative estimate of drug-likeness (QED) is 0.620. The second-order valence-corrected chi connectivity index (χ2v) is 4.42. The fourth-order valence-corrected chi connectivity index (χ4v) is 1.85. The zero-order chi connectivity index (χ0) is 15.4. The van der Waals surface area contributed by atoms with Crippen molar-refractivity contribution in [1.29, 1.82) is 0 Å². The van der Waals surface area contributed by atoms with Crippen LogP contribution in [0.1, 0.15) is 5.56 Å². The molecular formula is C14H11FN2O4. The smallest absolute Gasteiger partial charge is 0.285 e. The number of Topliss-reactive ketones (excluding diaryl/α,β-unsaturated/α-hetero) is 1. The number of hydrogen-bond acceptors (Lipinski definition) is 4. The fourth-order valence-electron chi connectivity index (χ4n) is 1.85. The van der Waals surface area contributed by atoms with Crippen LogP contribution in [0, 0.1) is 15.9 Å². The molecule has 1 aromatic heterocycles. The number of nitro groups is 1. The van der Waals surface area contributed by atoms with Gasteiger partial charge in [0.2, 0.25) is 0 Å². The van der Waals surface area contributed by atoms with Crippen LogP contribution in [-0.2, 0) is 17.8 Å². The van der Waals surface area contributed by atoms with E-state index in [-0.39, 0.29) is 24.2 Å². The summed E-state index contributed by atoms with van der Waals surface area (Å²) >= 11 is 0. The Morgan fingerprint density at radius 2 is 1.95 bits per heavy atom. The Kier molecular flexibility index (Phi) is 4.22. The van der Waals surface area contributed by atoms with E-state index in [9.17, 15) is 24.1 Å². The topological polar surface area (TPSA) is 82.2 Å². The van der Waals surface area contributed by atoms with E-state index in [0.29, 0.717) is 0 Å². The van der Waals surface area contributed by atoms with Gasteiger partial charge in [0.05, 0.1) is 17.7 Å². The van der Waals surface area contributed by atoms with Crippen LogP contribution in [0.2, 0.25) is 0 Å². The summed E-state index contributed by atoms with van der Waals surface area (Å²) in [6.07, 6.45) is 0.823. The Balaban J connectivity index is 2.17. The van der Waals surface area contributed by atoms with Gasteiger partial charge in [-0.3, -0.25) is 19.7 Å². The summed E-state index contributed by atoms with van der Waals surface area (Å²) in [5, 5.41) is 10.6. The highest BCUT2D eigenvalue weighted by Gasteiger charge is 2.12. The molecule has 0 atom stereocenters. The number of hydrogen-bond donors (Lipinski definition) is 0. The summed E-state index contributed by atoms with van der Waals surface area (Å²) in [5.41, 5.74) is -0.586. The first-order valence-electron chi connectivity index (χ1n) is 6.07. The molecule has 7 heteroatoms. The third kappa shape index (κ3) is 3.59. The lowest BCUT2D eigenvalue weighted by Crippen LogP contribution is -2.24. The van der Waals surface area contributed by atoms with Crippen molar-refractivity contribution in [1.82, 2.24) is 4.57 Å². The number of benzene rings is 1.